The molecule has 0 spiro atoms. The molecule has 0 bridgehead atoms. The standard InChI is InChI=1S/C21H22N4O3S2/c1-12-17-13(2)22-19(14-4-5-14)24-21(17)29-18(12)20(26)23-15-6-8-16(9-7-15)25-10-3-11-30(25,27)28/h6-9,14H,3-5,10-11H2,1-2H3,(H,23,26). The first-order valence-corrected chi connectivity index (χ1v) is 12.5. The van der Waals surface area contributed by atoms with Gasteiger partial charge < -0.3 is 5.32 Å². The van der Waals surface area contributed by atoms with Crippen LogP contribution < -0.4 is 9.62 Å². The summed E-state index contributed by atoms with van der Waals surface area (Å²) in [6.45, 7) is 4.41. The van der Waals surface area contributed by atoms with Crippen molar-refractivity contribution in [3.63, 3.8) is 0 Å². The molecule has 2 aromatic heterocycles. The number of thiophene rings is 1. The van der Waals surface area contributed by atoms with Gasteiger partial charge in [-0.1, -0.05) is 0 Å². The van der Waals surface area contributed by atoms with E-state index < -0.39 is 10.0 Å². The molecule has 1 amide bonds. The van der Waals surface area contributed by atoms with Crippen LogP contribution in [0.1, 0.15) is 51.9 Å². The molecule has 1 saturated carbocycles. The molecule has 5 rings (SSSR count). The van der Waals surface area contributed by atoms with Gasteiger partial charge in [-0.3, -0.25) is 9.10 Å². The lowest BCUT2D eigenvalue weighted by atomic mass is 10.1. The summed E-state index contributed by atoms with van der Waals surface area (Å²) in [7, 11) is -3.21. The minimum absolute atomic E-state index is 0.182. The van der Waals surface area contributed by atoms with E-state index in [1.165, 1.54) is 15.6 Å². The summed E-state index contributed by atoms with van der Waals surface area (Å²) in [6, 6.07) is 6.93. The number of aryl methyl sites for hydroxylation is 2. The van der Waals surface area contributed by atoms with Crippen LogP contribution in [0.15, 0.2) is 24.3 Å². The highest BCUT2D eigenvalue weighted by molar-refractivity contribution is 7.93. The lowest BCUT2D eigenvalue weighted by molar-refractivity contribution is 0.103. The Labute approximate surface area is 179 Å². The number of rotatable bonds is 4. The Balaban J connectivity index is 1.39. The Morgan fingerprint density at radius 1 is 1.17 bits per heavy atom. The van der Waals surface area contributed by atoms with Crippen LogP contribution in [-0.2, 0) is 10.0 Å². The predicted molar refractivity (Wildman–Crippen MR) is 119 cm³/mol. The van der Waals surface area contributed by atoms with Crippen molar-refractivity contribution in [2.45, 2.75) is 39.0 Å². The van der Waals surface area contributed by atoms with Gasteiger partial charge >= 0.3 is 0 Å². The number of aromatic nitrogens is 2. The first-order chi connectivity index (χ1) is 14.3. The first-order valence-electron chi connectivity index (χ1n) is 10.0. The summed E-state index contributed by atoms with van der Waals surface area (Å²) in [5.41, 5.74) is 3.07. The van der Waals surface area contributed by atoms with Crippen LogP contribution in [0.5, 0.6) is 0 Å². The van der Waals surface area contributed by atoms with Crippen LogP contribution in [0.4, 0.5) is 11.4 Å². The Bertz CT molecular complexity index is 1260. The van der Waals surface area contributed by atoms with E-state index in [0.29, 0.717) is 35.1 Å². The van der Waals surface area contributed by atoms with Crippen LogP contribution in [0.3, 0.4) is 0 Å². The molecule has 3 heterocycles. The molecule has 30 heavy (non-hydrogen) atoms. The topological polar surface area (TPSA) is 92.3 Å². The van der Waals surface area contributed by atoms with Gasteiger partial charge in [0.1, 0.15) is 10.7 Å². The first kappa shape index (κ1) is 19.4. The summed E-state index contributed by atoms with van der Waals surface area (Å²) in [5.74, 6) is 1.34. The summed E-state index contributed by atoms with van der Waals surface area (Å²) in [4.78, 5) is 23.8. The molecule has 1 aromatic carbocycles. The molecule has 0 unspecified atom stereocenters. The van der Waals surface area contributed by atoms with Gasteiger partial charge in [0.2, 0.25) is 10.0 Å². The van der Waals surface area contributed by atoms with E-state index in [1.807, 2.05) is 13.8 Å². The SMILES string of the molecule is Cc1nc(C2CC2)nc2sc(C(=O)Nc3ccc(N4CCCS4(=O)=O)cc3)c(C)c12. The number of amides is 1. The maximum Gasteiger partial charge on any atom is 0.266 e. The highest BCUT2D eigenvalue weighted by Crippen LogP contribution is 2.40. The molecule has 156 valence electrons. The van der Waals surface area contributed by atoms with Gasteiger partial charge in [0.25, 0.3) is 5.91 Å². The minimum Gasteiger partial charge on any atom is -0.321 e. The van der Waals surface area contributed by atoms with Crippen LogP contribution in [0, 0.1) is 13.8 Å². The van der Waals surface area contributed by atoms with Crippen LogP contribution >= 0.6 is 11.3 Å². The molecular formula is C21H22N4O3S2. The number of sulfonamides is 1. The van der Waals surface area contributed by atoms with Gasteiger partial charge in [-0.25, -0.2) is 18.4 Å². The van der Waals surface area contributed by atoms with Crippen molar-refractivity contribution >= 4 is 48.9 Å². The third-order valence-corrected chi connectivity index (χ3v) is 8.70. The van der Waals surface area contributed by atoms with Gasteiger partial charge in [-0.15, -0.1) is 11.3 Å². The number of carbonyl (C=O) groups excluding carboxylic acids is 1. The number of hydrogen-bond donors (Lipinski definition) is 1. The minimum atomic E-state index is -3.21. The summed E-state index contributed by atoms with van der Waals surface area (Å²) >= 11 is 1.40. The number of nitrogens with zero attached hydrogens (tertiary/aromatic N) is 3. The Morgan fingerprint density at radius 2 is 1.90 bits per heavy atom. The largest absolute Gasteiger partial charge is 0.321 e. The average Bonchev–Trinajstić information content (AvgIpc) is 3.41. The van der Waals surface area contributed by atoms with E-state index in [0.717, 1.165) is 40.1 Å². The van der Waals surface area contributed by atoms with Gasteiger partial charge in [-0.2, -0.15) is 0 Å². The highest BCUT2D eigenvalue weighted by atomic mass is 32.2. The molecule has 1 saturated heterocycles. The normalized spacial score (nSPS) is 18.1. The molecule has 1 aliphatic carbocycles. The van der Waals surface area contributed by atoms with Crippen molar-refractivity contribution in [3.05, 3.63) is 46.2 Å². The number of fused-ring (bicyclic) bond motifs is 1. The van der Waals surface area contributed by atoms with Crippen molar-refractivity contribution in [2.24, 2.45) is 0 Å². The molecular weight excluding hydrogens is 420 g/mol. The lowest BCUT2D eigenvalue weighted by Gasteiger charge is -2.17. The number of carbonyl (C=O) groups is 1. The van der Waals surface area contributed by atoms with Crippen molar-refractivity contribution in [1.29, 1.82) is 0 Å². The number of hydrogen-bond acceptors (Lipinski definition) is 6. The second-order valence-electron chi connectivity index (χ2n) is 7.92. The van der Waals surface area contributed by atoms with Crippen molar-refractivity contribution in [3.8, 4) is 0 Å². The Morgan fingerprint density at radius 3 is 2.53 bits per heavy atom. The Hall–Kier alpha value is -2.52. The maximum atomic E-state index is 12.9. The van der Waals surface area contributed by atoms with E-state index in [4.69, 9.17) is 4.98 Å². The smallest absolute Gasteiger partial charge is 0.266 e. The lowest BCUT2D eigenvalue weighted by Crippen LogP contribution is -2.24. The Kier molecular flexibility index (Phi) is 4.55. The fourth-order valence-corrected chi connectivity index (χ4v) is 6.63. The molecule has 2 fully saturated rings. The van der Waals surface area contributed by atoms with Crippen molar-refractivity contribution < 1.29 is 13.2 Å². The zero-order valence-electron chi connectivity index (χ0n) is 16.8. The zero-order valence-corrected chi connectivity index (χ0v) is 18.4. The van der Waals surface area contributed by atoms with Crippen LogP contribution in [0.2, 0.25) is 0 Å². The van der Waals surface area contributed by atoms with Gasteiger partial charge in [0, 0.05) is 23.5 Å². The predicted octanol–water partition coefficient (Wildman–Crippen LogP) is 3.98. The molecule has 1 N–H and O–H groups in total. The zero-order chi connectivity index (χ0) is 21.0. The molecule has 3 aromatic rings. The third kappa shape index (κ3) is 3.35. The monoisotopic (exact) mass is 442 g/mol. The molecule has 0 atom stereocenters. The number of benzene rings is 1. The van der Waals surface area contributed by atoms with Gasteiger partial charge in [0.05, 0.1) is 22.0 Å². The maximum absolute atomic E-state index is 12.9. The fraction of sp³-hybridized carbons (Fsp3) is 0.381. The van der Waals surface area contributed by atoms with Crippen molar-refractivity contribution in [2.75, 3.05) is 21.9 Å². The van der Waals surface area contributed by atoms with Crippen molar-refractivity contribution in [1.82, 2.24) is 9.97 Å². The van der Waals surface area contributed by atoms with Crippen LogP contribution in [0.25, 0.3) is 10.2 Å². The van der Waals surface area contributed by atoms with Crippen LogP contribution in [-0.4, -0.2) is 36.6 Å². The summed E-state index contributed by atoms with van der Waals surface area (Å²) in [5, 5.41) is 3.89. The summed E-state index contributed by atoms with van der Waals surface area (Å²) in [6.07, 6.45) is 2.91. The van der Waals surface area contributed by atoms with E-state index >= 15 is 0 Å². The molecule has 1 aliphatic heterocycles. The second kappa shape index (κ2) is 7.02. The highest BCUT2D eigenvalue weighted by Gasteiger charge is 2.29. The van der Waals surface area contributed by atoms with E-state index in [-0.39, 0.29) is 11.7 Å². The average molecular weight is 443 g/mol. The molecule has 9 heteroatoms. The molecule has 7 nitrogen and oxygen atoms in total. The van der Waals surface area contributed by atoms with E-state index in [2.05, 4.69) is 10.3 Å². The molecule has 2 aliphatic rings. The quantitative estimate of drug-likeness (QED) is 0.660. The van der Waals surface area contributed by atoms with Gasteiger partial charge in [-0.05, 0) is 62.9 Å². The molecule has 0 radical (unpaired) electrons. The van der Waals surface area contributed by atoms with E-state index in [9.17, 15) is 13.2 Å². The van der Waals surface area contributed by atoms with Gasteiger partial charge in [0.15, 0.2) is 0 Å². The van der Waals surface area contributed by atoms with E-state index in [1.54, 1.807) is 24.3 Å². The summed E-state index contributed by atoms with van der Waals surface area (Å²) < 4.78 is 25.6. The third-order valence-electron chi connectivity index (χ3n) is 5.65. The second-order valence-corrected chi connectivity index (χ2v) is 10.9. The number of anilines is 2. The number of nitrogens with one attached hydrogen (secondary N) is 1. The fourth-order valence-electron chi connectivity index (χ4n) is 3.93.